The van der Waals surface area contributed by atoms with Crippen molar-refractivity contribution in [3.63, 3.8) is 0 Å². The molecule has 0 aliphatic rings. The van der Waals surface area contributed by atoms with Crippen molar-refractivity contribution in [3.8, 4) is 5.75 Å². The number of halogens is 1. The van der Waals surface area contributed by atoms with E-state index in [0.29, 0.717) is 18.7 Å². The van der Waals surface area contributed by atoms with E-state index in [2.05, 4.69) is 12.2 Å². The highest BCUT2D eigenvalue weighted by molar-refractivity contribution is 5.88. The van der Waals surface area contributed by atoms with E-state index in [0.717, 1.165) is 29.5 Å². The lowest BCUT2D eigenvalue weighted by molar-refractivity contribution is -0.142. The molecule has 0 aliphatic carbocycles. The average Bonchev–Trinajstić information content (AvgIpc) is 2.86. The molecule has 0 fully saturated rings. The summed E-state index contributed by atoms with van der Waals surface area (Å²) in [7, 11) is 0. The van der Waals surface area contributed by atoms with Crippen LogP contribution in [0.25, 0.3) is 0 Å². The van der Waals surface area contributed by atoms with Gasteiger partial charge in [0.15, 0.2) is 6.61 Å². The summed E-state index contributed by atoms with van der Waals surface area (Å²) in [6, 6.07) is 22.3. The number of hydrogen-bond donors (Lipinski definition) is 1. The van der Waals surface area contributed by atoms with E-state index in [1.807, 2.05) is 55.5 Å². The molecule has 3 aromatic carbocycles. The molecule has 0 radical (unpaired) electrons. The molecule has 3 rings (SSSR count). The molecule has 3 aromatic rings. The van der Waals surface area contributed by atoms with Crippen LogP contribution in [0.2, 0.25) is 0 Å². The van der Waals surface area contributed by atoms with Gasteiger partial charge in [-0.3, -0.25) is 9.59 Å². The van der Waals surface area contributed by atoms with Crippen LogP contribution in [0.15, 0.2) is 78.9 Å². The minimum absolute atomic E-state index is 0.162. The van der Waals surface area contributed by atoms with Gasteiger partial charge in [0.05, 0.1) is 0 Å². The Hall–Kier alpha value is -3.67. The lowest BCUT2D eigenvalue weighted by atomic mass is 10.0. The van der Waals surface area contributed by atoms with E-state index >= 15 is 0 Å². The molecule has 0 heterocycles. The van der Waals surface area contributed by atoms with Gasteiger partial charge in [-0.15, -0.1) is 0 Å². The molecule has 1 atom stereocenters. The number of ether oxygens (including phenoxy) is 1. The highest BCUT2D eigenvalue weighted by Crippen LogP contribution is 2.17. The van der Waals surface area contributed by atoms with Crippen LogP contribution in [-0.4, -0.2) is 35.9 Å². The van der Waals surface area contributed by atoms with Gasteiger partial charge in [-0.25, -0.2) is 4.39 Å². The summed E-state index contributed by atoms with van der Waals surface area (Å²) >= 11 is 0. The summed E-state index contributed by atoms with van der Waals surface area (Å²) in [6.45, 7) is 4.50. The van der Waals surface area contributed by atoms with Gasteiger partial charge in [-0.05, 0) is 54.3 Å². The number of amides is 2. The quantitative estimate of drug-likeness (QED) is 0.372. The van der Waals surface area contributed by atoms with Crippen molar-refractivity contribution in [2.75, 3.05) is 13.2 Å². The maximum absolute atomic E-state index is 13.5. The van der Waals surface area contributed by atoms with Crippen molar-refractivity contribution in [1.82, 2.24) is 10.2 Å². The second-order valence-corrected chi connectivity index (χ2v) is 8.60. The van der Waals surface area contributed by atoms with Gasteiger partial charge in [0.1, 0.15) is 17.6 Å². The molecule has 0 saturated heterocycles. The topological polar surface area (TPSA) is 58.6 Å². The number of nitrogens with zero attached hydrogens (tertiary/aromatic N) is 1. The third-order valence-corrected chi connectivity index (χ3v) is 5.72. The molecule has 0 aliphatic heterocycles. The van der Waals surface area contributed by atoms with Gasteiger partial charge >= 0.3 is 0 Å². The Morgan fingerprint density at radius 3 is 2.40 bits per heavy atom. The first kappa shape index (κ1) is 25.9. The molecule has 2 amide bonds. The van der Waals surface area contributed by atoms with Crippen LogP contribution in [0.3, 0.4) is 0 Å². The summed E-state index contributed by atoms with van der Waals surface area (Å²) in [5.74, 6) is -0.296. The van der Waals surface area contributed by atoms with Crippen LogP contribution in [0, 0.1) is 12.7 Å². The van der Waals surface area contributed by atoms with Gasteiger partial charge < -0.3 is 15.0 Å². The minimum Gasteiger partial charge on any atom is -0.484 e. The fourth-order valence-electron chi connectivity index (χ4n) is 3.78. The number of carbonyl (C=O) groups excluding carboxylic acids is 2. The number of carbonyl (C=O) groups is 2. The molecule has 0 saturated carbocycles. The van der Waals surface area contributed by atoms with Gasteiger partial charge in [0, 0.05) is 19.5 Å². The predicted molar refractivity (Wildman–Crippen MR) is 135 cm³/mol. The highest BCUT2D eigenvalue weighted by atomic mass is 19.1. The van der Waals surface area contributed by atoms with Crippen molar-refractivity contribution < 1.29 is 18.7 Å². The Morgan fingerprint density at radius 1 is 0.971 bits per heavy atom. The lowest BCUT2D eigenvalue weighted by Gasteiger charge is -2.31. The Kier molecular flexibility index (Phi) is 9.84. The molecule has 184 valence electrons. The second kappa shape index (κ2) is 13.3. The smallest absolute Gasteiger partial charge is 0.261 e. The van der Waals surface area contributed by atoms with Crippen molar-refractivity contribution in [2.45, 2.75) is 45.7 Å². The zero-order chi connectivity index (χ0) is 25.0. The first-order valence-corrected chi connectivity index (χ1v) is 12.0. The molecule has 0 bridgehead atoms. The summed E-state index contributed by atoms with van der Waals surface area (Å²) in [5, 5.41) is 2.98. The Morgan fingerprint density at radius 2 is 1.71 bits per heavy atom. The lowest BCUT2D eigenvalue weighted by Crippen LogP contribution is -2.51. The van der Waals surface area contributed by atoms with Crippen molar-refractivity contribution in [2.24, 2.45) is 0 Å². The predicted octanol–water partition coefficient (Wildman–Crippen LogP) is 5.07. The van der Waals surface area contributed by atoms with E-state index in [4.69, 9.17) is 4.74 Å². The zero-order valence-corrected chi connectivity index (χ0v) is 20.4. The molecule has 0 spiro atoms. The van der Waals surface area contributed by atoms with Crippen LogP contribution in [0.1, 0.15) is 36.5 Å². The summed E-state index contributed by atoms with van der Waals surface area (Å²) in [4.78, 5) is 28.4. The summed E-state index contributed by atoms with van der Waals surface area (Å²) in [6.07, 6.45) is 2.16. The maximum atomic E-state index is 13.5. The van der Waals surface area contributed by atoms with Gasteiger partial charge in [0.25, 0.3) is 5.91 Å². The molecular weight excluding hydrogens is 443 g/mol. The Balaban J connectivity index is 1.87. The largest absolute Gasteiger partial charge is 0.484 e. The van der Waals surface area contributed by atoms with E-state index in [-0.39, 0.29) is 30.8 Å². The fourth-order valence-corrected chi connectivity index (χ4v) is 3.78. The van der Waals surface area contributed by atoms with Gasteiger partial charge in [-0.1, -0.05) is 67.9 Å². The summed E-state index contributed by atoms with van der Waals surface area (Å²) < 4.78 is 19.3. The third kappa shape index (κ3) is 8.25. The minimum atomic E-state index is -0.743. The van der Waals surface area contributed by atoms with Crippen LogP contribution < -0.4 is 10.1 Å². The first-order chi connectivity index (χ1) is 17.0. The molecule has 6 heteroatoms. The standard InChI is InChI=1S/C29H33FN2O3/c1-3-4-17-31-29(34)27(19-23-10-6-5-7-11-23)32(20-24-13-15-25(30)16-14-24)28(33)21-35-26-12-8-9-22(2)18-26/h5-16,18,27H,3-4,17,19-21H2,1-2H3,(H,31,34)/t27-/m0/s1. The van der Waals surface area contributed by atoms with Crippen molar-refractivity contribution in [3.05, 3.63) is 101 Å². The molecular formula is C29H33FN2O3. The SMILES string of the molecule is CCCCNC(=O)[C@H](Cc1ccccc1)N(Cc1ccc(F)cc1)C(=O)COc1cccc(C)c1. The number of aryl methyl sites for hydroxylation is 1. The van der Waals surface area contributed by atoms with Crippen LogP contribution >= 0.6 is 0 Å². The molecule has 0 unspecified atom stereocenters. The zero-order valence-electron chi connectivity index (χ0n) is 20.4. The van der Waals surface area contributed by atoms with E-state index in [1.54, 1.807) is 18.2 Å². The number of unbranched alkanes of at least 4 members (excludes halogenated alkanes) is 1. The molecule has 35 heavy (non-hydrogen) atoms. The van der Waals surface area contributed by atoms with Crippen molar-refractivity contribution >= 4 is 11.8 Å². The van der Waals surface area contributed by atoms with Crippen LogP contribution in [0.5, 0.6) is 5.75 Å². The van der Waals surface area contributed by atoms with E-state index < -0.39 is 6.04 Å². The molecule has 5 nitrogen and oxygen atoms in total. The van der Waals surface area contributed by atoms with Crippen LogP contribution in [0.4, 0.5) is 4.39 Å². The Bertz CT molecular complexity index is 1090. The number of benzene rings is 3. The van der Waals surface area contributed by atoms with E-state index in [9.17, 15) is 14.0 Å². The fraction of sp³-hybridized carbons (Fsp3) is 0.310. The van der Waals surface area contributed by atoms with E-state index in [1.165, 1.54) is 17.0 Å². The average molecular weight is 477 g/mol. The number of hydrogen-bond acceptors (Lipinski definition) is 3. The maximum Gasteiger partial charge on any atom is 0.261 e. The third-order valence-electron chi connectivity index (χ3n) is 5.72. The van der Waals surface area contributed by atoms with Gasteiger partial charge in [0.2, 0.25) is 5.91 Å². The van der Waals surface area contributed by atoms with Crippen molar-refractivity contribution in [1.29, 1.82) is 0 Å². The van der Waals surface area contributed by atoms with Gasteiger partial charge in [-0.2, -0.15) is 0 Å². The van der Waals surface area contributed by atoms with Crippen LogP contribution in [-0.2, 0) is 22.6 Å². The number of nitrogens with one attached hydrogen (secondary N) is 1. The number of rotatable bonds is 12. The second-order valence-electron chi connectivity index (χ2n) is 8.60. The monoisotopic (exact) mass is 476 g/mol. The molecule has 1 N–H and O–H groups in total. The first-order valence-electron chi connectivity index (χ1n) is 12.0. The Labute approximate surface area is 206 Å². The summed E-state index contributed by atoms with van der Waals surface area (Å²) in [5.41, 5.74) is 2.70. The highest BCUT2D eigenvalue weighted by Gasteiger charge is 2.30. The normalized spacial score (nSPS) is 11.5. The molecule has 0 aromatic heterocycles.